The smallest absolute Gasteiger partial charge is 0.454 e. The van der Waals surface area contributed by atoms with Crippen LogP contribution in [0.1, 0.15) is 25.7 Å². The van der Waals surface area contributed by atoms with E-state index >= 15 is 0 Å². The zero-order chi connectivity index (χ0) is 29.6. The Kier molecular flexibility index (Phi) is 10.1. The Morgan fingerprint density at radius 2 is 1.68 bits per heavy atom. The number of ether oxygens (including phenoxy) is 1. The lowest BCUT2D eigenvalue weighted by Gasteiger charge is -2.26. The van der Waals surface area contributed by atoms with Crippen molar-refractivity contribution in [2.45, 2.75) is 36.8 Å². The summed E-state index contributed by atoms with van der Waals surface area (Å²) in [6, 6.07) is 15.5. The van der Waals surface area contributed by atoms with Crippen molar-refractivity contribution in [3.8, 4) is 11.5 Å². The first-order valence-electron chi connectivity index (χ1n) is 12.9. The summed E-state index contributed by atoms with van der Waals surface area (Å²) in [5, 5.41) is 3.87. The lowest BCUT2D eigenvalue weighted by molar-refractivity contribution is -0.170. The summed E-state index contributed by atoms with van der Waals surface area (Å²) in [5.41, 5.74) is 0.0621. The highest BCUT2D eigenvalue weighted by Gasteiger charge is 2.43. The monoisotopic (exact) mass is 629 g/mol. The van der Waals surface area contributed by atoms with Gasteiger partial charge in [0, 0.05) is 17.3 Å². The third kappa shape index (κ3) is 8.28. The van der Waals surface area contributed by atoms with Crippen LogP contribution in [0.15, 0.2) is 71.6 Å². The minimum Gasteiger partial charge on any atom is -0.454 e. The van der Waals surface area contributed by atoms with Gasteiger partial charge in [0.15, 0.2) is 5.75 Å². The molecule has 1 heterocycles. The van der Waals surface area contributed by atoms with Crippen LogP contribution in [0.2, 0.25) is 10.0 Å². The minimum atomic E-state index is -5.07. The van der Waals surface area contributed by atoms with Crippen LogP contribution in [0.4, 0.5) is 24.5 Å². The van der Waals surface area contributed by atoms with E-state index in [1.54, 1.807) is 18.2 Å². The summed E-state index contributed by atoms with van der Waals surface area (Å²) in [4.78, 5) is 12.7. The van der Waals surface area contributed by atoms with Crippen molar-refractivity contribution in [2.75, 3.05) is 29.3 Å². The Labute approximate surface area is 246 Å². The maximum atomic E-state index is 13.4. The van der Waals surface area contributed by atoms with Gasteiger partial charge < -0.3 is 15.0 Å². The van der Waals surface area contributed by atoms with Crippen molar-refractivity contribution < 1.29 is 31.1 Å². The van der Waals surface area contributed by atoms with Crippen molar-refractivity contribution in [2.24, 2.45) is 5.92 Å². The molecule has 0 bridgehead atoms. The molecule has 0 aromatic heterocycles. The molecule has 7 nitrogen and oxygen atoms in total. The number of nitrogens with zero attached hydrogens (tertiary/aromatic N) is 1. The molecule has 0 unspecified atom stereocenters. The van der Waals surface area contributed by atoms with Crippen LogP contribution in [-0.2, 0) is 14.8 Å². The first kappa shape index (κ1) is 31.0. The standard InChI is InChI=1S/C28H28Cl2F3N3O4S/c29-20-7-12-25(23(30)18-20)40-26-6-2-1-5-24(26)35-41(38,39)22-10-8-21(9-11-22)36(27(37)28(31,32)33)17-3-4-19-13-15-34-16-14-19/h1-2,5-12,18-19,34-35H,3-4,13-17H2. The first-order chi connectivity index (χ1) is 19.4. The number of nitrogens with one attached hydrogen (secondary N) is 2. The van der Waals surface area contributed by atoms with Crippen LogP contribution in [0.3, 0.4) is 0 Å². The third-order valence-corrected chi connectivity index (χ3v) is 8.56. The molecule has 1 saturated heterocycles. The number of rotatable bonds is 10. The molecule has 3 aromatic carbocycles. The summed E-state index contributed by atoms with van der Waals surface area (Å²) >= 11 is 12.1. The number of amides is 1. The second kappa shape index (κ2) is 13.3. The highest BCUT2D eigenvalue weighted by molar-refractivity contribution is 7.92. The van der Waals surface area contributed by atoms with E-state index in [0.29, 0.717) is 28.7 Å². The fourth-order valence-corrected chi connectivity index (χ4v) is 6.05. The van der Waals surface area contributed by atoms with Crippen LogP contribution in [-0.4, -0.2) is 40.1 Å². The largest absolute Gasteiger partial charge is 0.471 e. The van der Waals surface area contributed by atoms with Gasteiger partial charge in [0.25, 0.3) is 10.0 Å². The molecule has 0 atom stereocenters. The Balaban J connectivity index is 1.50. The average molecular weight is 631 g/mol. The summed E-state index contributed by atoms with van der Waals surface area (Å²) in [6.45, 7) is 1.60. The number of sulfonamides is 1. The fourth-order valence-electron chi connectivity index (χ4n) is 4.53. The number of piperidine rings is 1. The second-order valence-corrected chi connectivity index (χ2v) is 12.1. The lowest BCUT2D eigenvalue weighted by Crippen LogP contribution is -2.42. The number of para-hydroxylation sites is 2. The number of benzene rings is 3. The Morgan fingerprint density at radius 1 is 1.00 bits per heavy atom. The molecular weight excluding hydrogens is 602 g/mol. The third-order valence-electron chi connectivity index (χ3n) is 6.64. The van der Waals surface area contributed by atoms with Crippen LogP contribution >= 0.6 is 23.2 Å². The predicted octanol–water partition coefficient (Wildman–Crippen LogP) is 7.26. The molecule has 1 aliphatic heterocycles. The van der Waals surface area contributed by atoms with Crippen LogP contribution in [0.5, 0.6) is 11.5 Å². The average Bonchev–Trinajstić information content (AvgIpc) is 2.93. The van der Waals surface area contributed by atoms with E-state index in [-0.39, 0.29) is 39.3 Å². The number of hydrogen-bond donors (Lipinski definition) is 2. The van der Waals surface area contributed by atoms with E-state index in [1.807, 2.05) is 0 Å². The Bertz CT molecular complexity index is 1470. The van der Waals surface area contributed by atoms with Crippen LogP contribution in [0.25, 0.3) is 0 Å². The molecule has 1 fully saturated rings. The van der Waals surface area contributed by atoms with Gasteiger partial charge in [-0.1, -0.05) is 35.3 Å². The molecule has 220 valence electrons. The Hall–Kier alpha value is -2.99. The van der Waals surface area contributed by atoms with Crippen molar-refractivity contribution in [3.05, 3.63) is 76.8 Å². The molecule has 0 aliphatic carbocycles. The highest BCUT2D eigenvalue weighted by atomic mass is 35.5. The van der Waals surface area contributed by atoms with Gasteiger partial charge in [-0.15, -0.1) is 0 Å². The minimum absolute atomic E-state index is 0.0438. The number of hydrogen-bond acceptors (Lipinski definition) is 5. The normalized spacial score (nSPS) is 14.5. The van der Waals surface area contributed by atoms with Gasteiger partial charge in [0.05, 0.1) is 15.6 Å². The summed E-state index contributed by atoms with van der Waals surface area (Å²) < 4.78 is 74.7. The van der Waals surface area contributed by atoms with Crippen LogP contribution in [0, 0.1) is 5.92 Å². The quantitative estimate of drug-likeness (QED) is 0.246. The molecule has 0 spiro atoms. The molecule has 2 N–H and O–H groups in total. The predicted molar refractivity (Wildman–Crippen MR) is 153 cm³/mol. The molecule has 0 radical (unpaired) electrons. The molecule has 3 aromatic rings. The molecule has 41 heavy (non-hydrogen) atoms. The van der Waals surface area contributed by atoms with E-state index in [1.165, 1.54) is 36.4 Å². The van der Waals surface area contributed by atoms with Crippen molar-refractivity contribution in [3.63, 3.8) is 0 Å². The van der Waals surface area contributed by atoms with E-state index in [0.717, 1.165) is 38.1 Å². The SMILES string of the molecule is O=C(N(CCCC1CCNCC1)c1ccc(S(=O)(=O)Nc2ccccc2Oc2ccc(Cl)cc2Cl)cc1)C(F)(F)F. The van der Waals surface area contributed by atoms with E-state index in [4.69, 9.17) is 27.9 Å². The number of halogens is 5. The van der Waals surface area contributed by atoms with Gasteiger partial charge in [0.1, 0.15) is 5.75 Å². The Morgan fingerprint density at radius 3 is 2.34 bits per heavy atom. The number of carbonyl (C=O) groups is 1. The number of anilines is 2. The zero-order valence-electron chi connectivity index (χ0n) is 21.8. The lowest BCUT2D eigenvalue weighted by atomic mass is 9.93. The molecule has 4 rings (SSSR count). The topological polar surface area (TPSA) is 87.7 Å². The zero-order valence-corrected chi connectivity index (χ0v) is 24.1. The molecule has 1 aliphatic rings. The summed E-state index contributed by atoms with van der Waals surface area (Å²) in [7, 11) is -4.18. The molecule has 0 saturated carbocycles. The maximum absolute atomic E-state index is 13.4. The van der Waals surface area contributed by atoms with Gasteiger partial charge in [-0.3, -0.25) is 9.52 Å². The van der Waals surface area contributed by atoms with Gasteiger partial charge in [-0.2, -0.15) is 13.2 Å². The van der Waals surface area contributed by atoms with Crippen molar-refractivity contribution >= 4 is 50.5 Å². The maximum Gasteiger partial charge on any atom is 0.471 e. The number of carbonyl (C=O) groups excluding carboxylic acids is 1. The van der Waals surface area contributed by atoms with Gasteiger partial charge in [0.2, 0.25) is 0 Å². The van der Waals surface area contributed by atoms with Crippen molar-refractivity contribution in [1.82, 2.24) is 5.32 Å². The first-order valence-corrected chi connectivity index (χ1v) is 15.1. The summed E-state index contributed by atoms with van der Waals surface area (Å²) in [6.07, 6.45) is -2.11. The van der Waals surface area contributed by atoms with Gasteiger partial charge in [-0.25, -0.2) is 8.42 Å². The van der Waals surface area contributed by atoms with Gasteiger partial charge >= 0.3 is 12.1 Å². The summed E-state index contributed by atoms with van der Waals surface area (Å²) in [5.74, 6) is -1.20. The number of alkyl halides is 3. The van der Waals surface area contributed by atoms with Crippen LogP contribution < -0.4 is 19.7 Å². The van der Waals surface area contributed by atoms with Gasteiger partial charge in [-0.05, 0) is 99.3 Å². The molecule has 13 heteroatoms. The fraction of sp³-hybridized carbons (Fsp3) is 0.321. The van der Waals surface area contributed by atoms with E-state index in [9.17, 15) is 26.4 Å². The molecular formula is C28H28Cl2F3N3O4S. The highest BCUT2D eigenvalue weighted by Crippen LogP contribution is 2.36. The van der Waals surface area contributed by atoms with E-state index in [2.05, 4.69) is 10.0 Å². The molecule has 1 amide bonds. The van der Waals surface area contributed by atoms with Crippen molar-refractivity contribution in [1.29, 1.82) is 0 Å². The van der Waals surface area contributed by atoms with E-state index < -0.39 is 22.1 Å². The second-order valence-electron chi connectivity index (χ2n) is 9.56.